The second-order valence-electron chi connectivity index (χ2n) is 9.04. The van der Waals surface area contributed by atoms with E-state index in [1.165, 1.54) is 48.9 Å². The number of nitrogens with zero attached hydrogens (tertiary/aromatic N) is 1. The van der Waals surface area contributed by atoms with Crippen molar-refractivity contribution in [2.45, 2.75) is 58.5 Å². The third-order valence-corrected chi connectivity index (χ3v) is 6.58. The van der Waals surface area contributed by atoms with Crippen molar-refractivity contribution in [1.29, 1.82) is 0 Å². The standard InChI is InChI=1S/C24H30N2O/c1-24(2)12-9-22(10-13-24)26-14-11-18-5-8-20(15-21(18)16-26)17-3-6-19(7-4-17)23(25)27/h3-8,15,22H,9-14,16H2,1-2H3,(H2,25,27). The lowest BCUT2D eigenvalue weighted by Crippen LogP contribution is -2.42. The van der Waals surface area contributed by atoms with Crippen LogP contribution in [0.25, 0.3) is 11.1 Å². The van der Waals surface area contributed by atoms with E-state index in [2.05, 4.69) is 36.9 Å². The van der Waals surface area contributed by atoms with Crippen molar-refractivity contribution in [2.24, 2.45) is 11.1 Å². The Bertz CT molecular complexity index is 828. The average molecular weight is 363 g/mol. The number of nitrogens with two attached hydrogens (primary N) is 1. The fourth-order valence-electron chi connectivity index (χ4n) is 4.65. The molecule has 1 fully saturated rings. The van der Waals surface area contributed by atoms with Gasteiger partial charge in [-0.2, -0.15) is 0 Å². The first-order valence-electron chi connectivity index (χ1n) is 10.2. The molecule has 27 heavy (non-hydrogen) atoms. The third kappa shape index (κ3) is 3.93. The number of benzene rings is 2. The van der Waals surface area contributed by atoms with Gasteiger partial charge in [-0.3, -0.25) is 9.69 Å². The average Bonchev–Trinajstić information content (AvgIpc) is 2.67. The van der Waals surface area contributed by atoms with E-state index in [0.29, 0.717) is 11.0 Å². The molecule has 2 aromatic carbocycles. The molecule has 1 heterocycles. The fourth-order valence-corrected chi connectivity index (χ4v) is 4.65. The van der Waals surface area contributed by atoms with Gasteiger partial charge in [0.1, 0.15) is 0 Å². The van der Waals surface area contributed by atoms with E-state index < -0.39 is 0 Å². The van der Waals surface area contributed by atoms with Crippen molar-refractivity contribution >= 4 is 5.91 Å². The molecule has 2 aliphatic rings. The highest BCUT2D eigenvalue weighted by molar-refractivity contribution is 5.93. The highest BCUT2D eigenvalue weighted by atomic mass is 16.1. The maximum atomic E-state index is 11.3. The van der Waals surface area contributed by atoms with Gasteiger partial charge < -0.3 is 5.73 Å². The molecule has 0 spiro atoms. The summed E-state index contributed by atoms with van der Waals surface area (Å²) < 4.78 is 0. The van der Waals surface area contributed by atoms with Crippen molar-refractivity contribution in [1.82, 2.24) is 4.90 Å². The van der Waals surface area contributed by atoms with Crippen molar-refractivity contribution in [3.8, 4) is 11.1 Å². The number of hydrogen-bond acceptors (Lipinski definition) is 2. The molecule has 1 saturated carbocycles. The topological polar surface area (TPSA) is 46.3 Å². The van der Waals surface area contributed by atoms with Gasteiger partial charge in [-0.25, -0.2) is 0 Å². The molecule has 2 N–H and O–H groups in total. The zero-order valence-corrected chi connectivity index (χ0v) is 16.5. The summed E-state index contributed by atoms with van der Waals surface area (Å²) in [6.45, 7) is 7.06. The molecule has 1 aliphatic carbocycles. The summed E-state index contributed by atoms with van der Waals surface area (Å²) in [5.41, 5.74) is 11.7. The first kappa shape index (κ1) is 18.2. The smallest absolute Gasteiger partial charge is 0.248 e. The molecule has 0 bridgehead atoms. The van der Waals surface area contributed by atoms with Crippen LogP contribution in [0.1, 0.15) is 61.0 Å². The molecule has 1 aliphatic heterocycles. The van der Waals surface area contributed by atoms with Gasteiger partial charge in [0.15, 0.2) is 0 Å². The van der Waals surface area contributed by atoms with Crippen LogP contribution in [0.3, 0.4) is 0 Å². The first-order valence-corrected chi connectivity index (χ1v) is 10.2. The number of primary amides is 1. The van der Waals surface area contributed by atoms with Crippen LogP contribution >= 0.6 is 0 Å². The van der Waals surface area contributed by atoms with E-state index in [-0.39, 0.29) is 5.91 Å². The van der Waals surface area contributed by atoms with Crippen LogP contribution < -0.4 is 5.73 Å². The van der Waals surface area contributed by atoms with E-state index in [0.717, 1.165) is 24.6 Å². The van der Waals surface area contributed by atoms with E-state index in [1.54, 1.807) is 0 Å². The maximum Gasteiger partial charge on any atom is 0.248 e. The molecule has 0 unspecified atom stereocenters. The quantitative estimate of drug-likeness (QED) is 0.854. The Morgan fingerprint density at radius 1 is 1.00 bits per heavy atom. The van der Waals surface area contributed by atoms with Gasteiger partial charge in [-0.1, -0.05) is 38.1 Å². The lowest BCUT2D eigenvalue weighted by molar-refractivity contribution is 0.0966. The minimum Gasteiger partial charge on any atom is -0.366 e. The van der Waals surface area contributed by atoms with Crippen LogP contribution in [0.4, 0.5) is 0 Å². The van der Waals surface area contributed by atoms with Crippen LogP contribution in [0.5, 0.6) is 0 Å². The SMILES string of the molecule is CC1(C)CCC(N2CCc3ccc(-c4ccc(C(N)=O)cc4)cc3C2)CC1. The van der Waals surface area contributed by atoms with Gasteiger partial charge in [0.05, 0.1) is 0 Å². The number of amides is 1. The molecule has 0 saturated heterocycles. The summed E-state index contributed by atoms with van der Waals surface area (Å²) >= 11 is 0. The highest BCUT2D eigenvalue weighted by Crippen LogP contribution is 2.38. The van der Waals surface area contributed by atoms with Crippen molar-refractivity contribution in [3.05, 3.63) is 59.2 Å². The molecule has 4 rings (SSSR count). The van der Waals surface area contributed by atoms with Crippen molar-refractivity contribution in [2.75, 3.05) is 6.54 Å². The Morgan fingerprint density at radius 3 is 2.33 bits per heavy atom. The normalized spacial score (nSPS) is 20.2. The molecular formula is C24H30N2O. The van der Waals surface area contributed by atoms with Crippen LogP contribution in [-0.4, -0.2) is 23.4 Å². The summed E-state index contributed by atoms with van der Waals surface area (Å²) in [6.07, 6.45) is 6.49. The van der Waals surface area contributed by atoms with Crippen molar-refractivity contribution < 1.29 is 4.79 Å². The third-order valence-electron chi connectivity index (χ3n) is 6.58. The lowest BCUT2D eigenvalue weighted by atomic mass is 9.75. The van der Waals surface area contributed by atoms with Gasteiger partial charge in [0.2, 0.25) is 5.91 Å². The Hall–Kier alpha value is -2.13. The summed E-state index contributed by atoms with van der Waals surface area (Å²) in [5, 5.41) is 0. The Kier molecular flexibility index (Phi) is 4.81. The monoisotopic (exact) mass is 362 g/mol. The molecule has 2 aromatic rings. The molecule has 142 valence electrons. The first-order chi connectivity index (χ1) is 12.9. The summed E-state index contributed by atoms with van der Waals surface area (Å²) in [4.78, 5) is 14.0. The molecule has 3 heteroatoms. The van der Waals surface area contributed by atoms with E-state index in [4.69, 9.17) is 5.73 Å². The predicted octanol–water partition coefficient (Wildman–Crippen LogP) is 4.78. The largest absolute Gasteiger partial charge is 0.366 e. The number of fused-ring (bicyclic) bond motifs is 1. The number of carbonyl (C=O) groups excluding carboxylic acids is 1. The van der Waals surface area contributed by atoms with Crippen LogP contribution in [0.15, 0.2) is 42.5 Å². The van der Waals surface area contributed by atoms with E-state index >= 15 is 0 Å². The molecular weight excluding hydrogens is 332 g/mol. The minimum absolute atomic E-state index is 0.377. The maximum absolute atomic E-state index is 11.3. The second-order valence-corrected chi connectivity index (χ2v) is 9.04. The Morgan fingerprint density at radius 2 is 1.67 bits per heavy atom. The zero-order valence-electron chi connectivity index (χ0n) is 16.5. The van der Waals surface area contributed by atoms with E-state index in [1.807, 2.05) is 24.3 Å². The lowest BCUT2D eigenvalue weighted by Gasteiger charge is -2.42. The van der Waals surface area contributed by atoms with Gasteiger partial charge in [-0.15, -0.1) is 0 Å². The summed E-state index contributed by atoms with van der Waals surface area (Å²) in [5.74, 6) is -0.377. The van der Waals surface area contributed by atoms with Crippen LogP contribution in [-0.2, 0) is 13.0 Å². The fraction of sp³-hybridized carbons (Fsp3) is 0.458. The highest BCUT2D eigenvalue weighted by Gasteiger charge is 2.31. The number of hydrogen-bond donors (Lipinski definition) is 1. The van der Waals surface area contributed by atoms with E-state index in [9.17, 15) is 4.79 Å². The van der Waals surface area contributed by atoms with Crippen LogP contribution in [0, 0.1) is 5.41 Å². The van der Waals surface area contributed by atoms with Gasteiger partial charge in [-0.05, 0) is 78.0 Å². The number of carbonyl (C=O) groups is 1. The van der Waals surface area contributed by atoms with Gasteiger partial charge in [0.25, 0.3) is 0 Å². The summed E-state index contributed by atoms with van der Waals surface area (Å²) in [6, 6.07) is 15.2. The van der Waals surface area contributed by atoms with Crippen LogP contribution in [0.2, 0.25) is 0 Å². The molecule has 0 atom stereocenters. The Labute approximate surface area is 162 Å². The number of rotatable bonds is 3. The molecule has 0 radical (unpaired) electrons. The zero-order chi connectivity index (χ0) is 19.0. The second kappa shape index (κ2) is 7.12. The minimum atomic E-state index is -0.377. The molecule has 0 aromatic heterocycles. The molecule has 1 amide bonds. The van der Waals surface area contributed by atoms with Crippen molar-refractivity contribution in [3.63, 3.8) is 0 Å². The summed E-state index contributed by atoms with van der Waals surface area (Å²) in [7, 11) is 0. The Balaban J connectivity index is 1.51. The molecule has 3 nitrogen and oxygen atoms in total. The van der Waals surface area contributed by atoms with Gasteiger partial charge >= 0.3 is 0 Å². The van der Waals surface area contributed by atoms with Gasteiger partial charge in [0, 0.05) is 24.7 Å². The predicted molar refractivity (Wildman–Crippen MR) is 111 cm³/mol.